The Bertz CT molecular complexity index is 1390. The number of hydrogen-bond acceptors (Lipinski definition) is 8. The van der Waals surface area contributed by atoms with Crippen LogP contribution in [0.5, 0.6) is 5.75 Å². The number of aryl methyl sites for hydroxylation is 3. The van der Waals surface area contributed by atoms with Crippen molar-refractivity contribution >= 4 is 17.2 Å². The molecule has 36 heavy (non-hydrogen) atoms. The van der Waals surface area contributed by atoms with Gasteiger partial charge in [-0.15, -0.1) is 0 Å². The van der Waals surface area contributed by atoms with Crippen LogP contribution in [0.2, 0.25) is 0 Å². The zero-order chi connectivity index (χ0) is 24.7. The van der Waals surface area contributed by atoms with E-state index in [4.69, 9.17) is 14.2 Å². The first kappa shape index (κ1) is 22.9. The van der Waals surface area contributed by atoms with Crippen molar-refractivity contribution in [3.63, 3.8) is 0 Å². The second kappa shape index (κ2) is 9.15. The lowest BCUT2D eigenvalue weighted by Gasteiger charge is -2.22. The summed E-state index contributed by atoms with van der Waals surface area (Å²) in [5.41, 5.74) is 4.79. The fourth-order valence-electron chi connectivity index (χ4n) is 5.08. The van der Waals surface area contributed by atoms with Gasteiger partial charge in [-0.25, -0.2) is 14.5 Å². The fourth-order valence-corrected chi connectivity index (χ4v) is 5.08. The average molecular weight is 487 g/mol. The molecule has 1 N–H and O–H groups in total. The summed E-state index contributed by atoms with van der Waals surface area (Å²) in [6.07, 6.45) is 7.93. The van der Waals surface area contributed by atoms with Crippen LogP contribution in [0.4, 0.5) is 11.6 Å². The number of ether oxygens (including phenoxy) is 3. The van der Waals surface area contributed by atoms with E-state index in [2.05, 4.69) is 31.4 Å². The molecule has 0 bridgehead atoms. The third kappa shape index (κ3) is 4.64. The Balaban J connectivity index is 1.22. The first-order chi connectivity index (χ1) is 17.4. The van der Waals surface area contributed by atoms with Crippen LogP contribution in [0.25, 0.3) is 16.6 Å². The van der Waals surface area contributed by atoms with E-state index >= 15 is 0 Å². The Morgan fingerprint density at radius 3 is 2.75 bits per heavy atom. The van der Waals surface area contributed by atoms with E-state index in [1.165, 1.54) is 0 Å². The quantitative estimate of drug-likeness (QED) is 0.410. The summed E-state index contributed by atoms with van der Waals surface area (Å²) in [6, 6.07) is 10.1. The van der Waals surface area contributed by atoms with Gasteiger partial charge in [0.05, 0.1) is 18.3 Å². The molecule has 2 fully saturated rings. The van der Waals surface area contributed by atoms with E-state index < -0.39 is 0 Å². The van der Waals surface area contributed by atoms with Crippen molar-refractivity contribution in [3.05, 3.63) is 59.9 Å². The lowest BCUT2D eigenvalue weighted by Crippen LogP contribution is -2.28. The molecular formula is C27H30N6O3. The topological polar surface area (TPSA) is 95.7 Å². The van der Waals surface area contributed by atoms with E-state index in [1.807, 2.05) is 55.7 Å². The number of fused-ring (bicyclic) bond motifs is 1. The molecule has 9 nitrogen and oxygen atoms in total. The molecule has 1 spiro atoms. The summed E-state index contributed by atoms with van der Waals surface area (Å²) in [7, 11) is 0. The largest absolute Gasteiger partial charge is 0.489 e. The molecule has 0 radical (unpaired) electrons. The maximum absolute atomic E-state index is 6.24. The van der Waals surface area contributed by atoms with Gasteiger partial charge >= 0.3 is 0 Å². The first-order valence-corrected chi connectivity index (χ1v) is 12.5. The van der Waals surface area contributed by atoms with Gasteiger partial charge in [0, 0.05) is 48.1 Å². The number of nitrogens with one attached hydrogen (secondary N) is 1. The predicted octanol–water partition coefficient (Wildman–Crippen LogP) is 4.92. The van der Waals surface area contributed by atoms with Crippen molar-refractivity contribution in [1.82, 2.24) is 24.6 Å². The third-order valence-electron chi connectivity index (χ3n) is 6.70. The second-order valence-electron chi connectivity index (χ2n) is 9.68. The van der Waals surface area contributed by atoms with Crippen LogP contribution in [0.3, 0.4) is 0 Å². The molecule has 1 saturated carbocycles. The first-order valence-electron chi connectivity index (χ1n) is 12.5. The molecule has 1 saturated heterocycles. The fraction of sp³-hybridized carbons (Fsp3) is 0.407. The molecule has 0 unspecified atom stereocenters. The highest BCUT2D eigenvalue weighted by Gasteiger charge is 2.43. The minimum Gasteiger partial charge on any atom is -0.489 e. The maximum atomic E-state index is 6.24. The van der Waals surface area contributed by atoms with Crippen LogP contribution >= 0.6 is 0 Å². The lowest BCUT2D eigenvalue weighted by molar-refractivity contribution is -0.164. The zero-order valence-electron chi connectivity index (χ0n) is 20.8. The summed E-state index contributed by atoms with van der Waals surface area (Å²) < 4.78 is 20.3. The molecule has 1 atom stereocenters. The van der Waals surface area contributed by atoms with Crippen molar-refractivity contribution < 1.29 is 14.2 Å². The molecule has 4 aromatic heterocycles. The zero-order valence-corrected chi connectivity index (χ0v) is 20.8. The minimum absolute atomic E-state index is 0.0720. The van der Waals surface area contributed by atoms with Crippen molar-refractivity contribution in [3.8, 4) is 16.9 Å². The normalized spacial score (nSPS) is 18.8. The molecule has 4 aromatic rings. The third-order valence-corrected chi connectivity index (χ3v) is 6.70. The van der Waals surface area contributed by atoms with Crippen LogP contribution in [0.15, 0.2) is 42.7 Å². The van der Waals surface area contributed by atoms with Crippen molar-refractivity contribution in [2.24, 2.45) is 0 Å². The van der Waals surface area contributed by atoms with Crippen molar-refractivity contribution in [1.29, 1.82) is 0 Å². The molecule has 9 heteroatoms. The molecule has 0 aromatic carbocycles. The molecule has 5 heterocycles. The Morgan fingerprint density at radius 1 is 1.06 bits per heavy atom. The van der Waals surface area contributed by atoms with Crippen LogP contribution in [0.1, 0.15) is 42.9 Å². The monoisotopic (exact) mass is 486 g/mol. The van der Waals surface area contributed by atoms with Gasteiger partial charge in [-0.3, -0.25) is 4.98 Å². The molecular weight excluding hydrogens is 456 g/mol. The van der Waals surface area contributed by atoms with Gasteiger partial charge in [0.2, 0.25) is 0 Å². The van der Waals surface area contributed by atoms with Gasteiger partial charge in [-0.05, 0) is 57.4 Å². The van der Waals surface area contributed by atoms with E-state index in [0.717, 1.165) is 71.1 Å². The Kier molecular flexibility index (Phi) is 5.81. The Morgan fingerprint density at radius 2 is 1.92 bits per heavy atom. The predicted molar refractivity (Wildman–Crippen MR) is 135 cm³/mol. The van der Waals surface area contributed by atoms with Gasteiger partial charge in [0.1, 0.15) is 30.1 Å². The SMILES string of the molecule is Cc1cc(-c2ccn3nc(Nc4cc(C)nc(C)n4)cc3c2)c(OC[C@H]2COC3(CCCC3)O2)cn1. The Labute approximate surface area is 209 Å². The van der Waals surface area contributed by atoms with Crippen molar-refractivity contribution in [2.75, 3.05) is 18.5 Å². The number of rotatable bonds is 6. The standard InChI is InChI=1S/C27H30N6O3/c1-17-10-23(24(14-28-17)34-15-22-16-35-27(36-22)7-4-5-8-27)20-6-9-33-21(12-20)13-26(32-33)31-25-11-18(2)29-19(3)30-25/h6,9-14,22H,4-5,7-8,15-16H2,1-3H3,(H,29,30,31,32)/t22-/m0/s1. The number of hydrogen-bond donors (Lipinski definition) is 1. The van der Waals surface area contributed by atoms with Gasteiger partial charge < -0.3 is 19.5 Å². The summed E-state index contributed by atoms with van der Waals surface area (Å²) in [6.45, 7) is 6.81. The number of pyridine rings is 2. The van der Waals surface area contributed by atoms with E-state index in [1.54, 1.807) is 6.20 Å². The maximum Gasteiger partial charge on any atom is 0.169 e. The summed E-state index contributed by atoms with van der Waals surface area (Å²) in [4.78, 5) is 13.2. The van der Waals surface area contributed by atoms with Crippen LogP contribution < -0.4 is 10.1 Å². The Hall–Kier alpha value is -3.56. The van der Waals surface area contributed by atoms with Gasteiger partial charge in [-0.2, -0.15) is 5.10 Å². The molecule has 186 valence electrons. The second-order valence-corrected chi connectivity index (χ2v) is 9.68. The molecule has 2 aliphatic rings. The van der Waals surface area contributed by atoms with Crippen LogP contribution in [0, 0.1) is 20.8 Å². The van der Waals surface area contributed by atoms with Gasteiger partial charge in [0.15, 0.2) is 11.6 Å². The van der Waals surface area contributed by atoms with Gasteiger partial charge in [-0.1, -0.05) is 0 Å². The molecule has 6 rings (SSSR count). The highest BCUT2D eigenvalue weighted by Crippen LogP contribution is 2.39. The molecule has 1 aliphatic heterocycles. The highest BCUT2D eigenvalue weighted by atomic mass is 16.8. The summed E-state index contributed by atoms with van der Waals surface area (Å²) in [5.74, 6) is 2.50. The summed E-state index contributed by atoms with van der Waals surface area (Å²) >= 11 is 0. The number of nitrogens with zero attached hydrogens (tertiary/aromatic N) is 5. The van der Waals surface area contributed by atoms with E-state index in [9.17, 15) is 0 Å². The molecule has 0 amide bonds. The minimum atomic E-state index is -0.385. The van der Waals surface area contributed by atoms with Crippen LogP contribution in [-0.4, -0.2) is 49.7 Å². The number of aromatic nitrogens is 5. The molecule has 1 aliphatic carbocycles. The van der Waals surface area contributed by atoms with E-state index in [0.29, 0.717) is 19.0 Å². The van der Waals surface area contributed by atoms with Crippen molar-refractivity contribution in [2.45, 2.75) is 58.3 Å². The smallest absolute Gasteiger partial charge is 0.169 e. The number of anilines is 2. The average Bonchev–Trinajstić information content (AvgIpc) is 3.57. The summed E-state index contributed by atoms with van der Waals surface area (Å²) in [5, 5.41) is 7.92. The highest BCUT2D eigenvalue weighted by molar-refractivity contribution is 5.75. The van der Waals surface area contributed by atoms with Gasteiger partial charge in [0.25, 0.3) is 0 Å². The van der Waals surface area contributed by atoms with E-state index in [-0.39, 0.29) is 11.9 Å². The van der Waals surface area contributed by atoms with Crippen LogP contribution in [-0.2, 0) is 9.47 Å². The lowest BCUT2D eigenvalue weighted by atomic mass is 10.1.